The quantitative estimate of drug-likeness (QED) is 0.218. The molecule has 1 aliphatic heterocycles. The molecule has 174 valence electrons. The molecule has 0 radical (unpaired) electrons. The van der Waals surface area contributed by atoms with E-state index in [9.17, 15) is 19.1 Å². The summed E-state index contributed by atoms with van der Waals surface area (Å²) in [5.74, 6) is -2.01. The van der Waals surface area contributed by atoms with Gasteiger partial charge in [-0.05, 0) is 46.0 Å². The molecule has 1 amide bonds. The number of hydrogen-bond acceptors (Lipinski definition) is 3. The minimum atomic E-state index is -0.794. The van der Waals surface area contributed by atoms with Crippen molar-refractivity contribution in [2.24, 2.45) is 0 Å². The van der Waals surface area contributed by atoms with Gasteiger partial charge in [0.25, 0.3) is 11.7 Å². The molecule has 4 nitrogen and oxygen atoms in total. The van der Waals surface area contributed by atoms with Crippen molar-refractivity contribution in [1.29, 1.82) is 0 Å². The average Bonchev–Trinajstić information content (AvgIpc) is 3.14. The highest BCUT2D eigenvalue weighted by Crippen LogP contribution is 2.42. The Labute approximate surface area is 202 Å². The van der Waals surface area contributed by atoms with Gasteiger partial charge in [-0.2, -0.15) is 0 Å². The van der Waals surface area contributed by atoms with E-state index in [0.717, 1.165) is 28.3 Å². The topological polar surface area (TPSA) is 57.6 Å². The van der Waals surface area contributed by atoms with Crippen LogP contribution >= 0.6 is 0 Å². The lowest BCUT2D eigenvalue weighted by molar-refractivity contribution is -0.140. The number of likely N-dealkylation sites (tertiary alicyclic amines) is 1. The molecule has 1 unspecified atom stereocenters. The van der Waals surface area contributed by atoms with Crippen LogP contribution in [0.2, 0.25) is 0 Å². The molecule has 0 saturated carbocycles. The van der Waals surface area contributed by atoms with Crippen LogP contribution in [-0.2, 0) is 22.6 Å². The number of aliphatic hydroxyl groups is 1. The first-order valence-corrected chi connectivity index (χ1v) is 11.6. The third kappa shape index (κ3) is 4.10. The normalized spacial score (nSPS) is 17.3. The van der Waals surface area contributed by atoms with E-state index in [1.54, 1.807) is 24.3 Å². The standard InChI is InChI=1S/C30H24FNO3/c1-2-19-10-14-22(15-11-19)28(33)26-27(25-9-5-7-21-6-3-4-8-24(21)25)32(30(35)29(26)34)18-20-12-16-23(31)17-13-20/h3-17,27,33H,2,18H2,1H3/b28-26-. The molecule has 0 aromatic heterocycles. The Morgan fingerprint density at radius 3 is 2.23 bits per heavy atom. The zero-order valence-electron chi connectivity index (χ0n) is 19.2. The van der Waals surface area contributed by atoms with Crippen LogP contribution in [0, 0.1) is 5.82 Å². The van der Waals surface area contributed by atoms with Crippen LogP contribution in [0.5, 0.6) is 0 Å². The smallest absolute Gasteiger partial charge is 0.295 e. The summed E-state index contributed by atoms with van der Waals surface area (Å²) in [6.45, 7) is 2.14. The van der Waals surface area contributed by atoms with Crippen LogP contribution in [0.3, 0.4) is 0 Å². The van der Waals surface area contributed by atoms with Crippen molar-refractivity contribution in [3.63, 3.8) is 0 Å². The van der Waals surface area contributed by atoms with Gasteiger partial charge in [-0.25, -0.2) is 4.39 Å². The molecule has 1 N–H and O–H groups in total. The van der Waals surface area contributed by atoms with E-state index in [0.29, 0.717) is 11.1 Å². The Balaban J connectivity index is 1.70. The summed E-state index contributed by atoms with van der Waals surface area (Å²) in [7, 11) is 0. The molecule has 1 heterocycles. The first-order valence-electron chi connectivity index (χ1n) is 11.6. The molecule has 1 aliphatic rings. The fraction of sp³-hybridized carbons (Fsp3) is 0.133. The van der Waals surface area contributed by atoms with Crippen LogP contribution in [0.4, 0.5) is 4.39 Å². The number of hydrogen-bond donors (Lipinski definition) is 1. The number of carbonyl (C=O) groups excluding carboxylic acids is 2. The summed E-state index contributed by atoms with van der Waals surface area (Å²) in [4.78, 5) is 28.1. The van der Waals surface area contributed by atoms with E-state index in [1.165, 1.54) is 17.0 Å². The molecule has 35 heavy (non-hydrogen) atoms. The van der Waals surface area contributed by atoms with Gasteiger partial charge in [0, 0.05) is 12.1 Å². The molecule has 5 rings (SSSR count). The maximum atomic E-state index is 13.5. The SMILES string of the molecule is CCc1ccc(/C(O)=C2/C(=O)C(=O)N(Cc3ccc(F)cc3)C2c2cccc3ccccc23)cc1. The number of nitrogens with zero attached hydrogens (tertiary/aromatic N) is 1. The van der Waals surface area contributed by atoms with Crippen molar-refractivity contribution < 1.29 is 19.1 Å². The van der Waals surface area contributed by atoms with Crippen molar-refractivity contribution >= 4 is 28.2 Å². The van der Waals surface area contributed by atoms with Gasteiger partial charge in [-0.15, -0.1) is 0 Å². The summed E-state index contributed by atoms with van der Waals surface area (Å²) in [6.07, 6.45) is 0.846. The van der Waals surface area contributed by atoms with E-state index in [1.807, 2.05) is 61.5 Å². The number of aryl methyl sites for hydroxylation is 1. The van der Waals surface area contributed by atoms with Crippen LogP contribution in [0.15, 0.2) is 96.6 Å². The van der Waals surface area contributed by atoms with Gasteiger partial charge in [-0.3, -0.25) is 9.59 Å². The fourth-order valence-corrected chi connectivity index (χ4v) is 4.70. The lowest BCUT2D eigenvalue weighted by atomic mass is 9.91. The number of benzene rings is 4. The molecular weight excluding hydrogens is 441 g/mol. The predicted molar refractivity (Wildman–Crippen MR) is 134 cm³/mol. The van der Waals surface area contributed by atoms with Crippen molar-refractivity contribution in [3.05, 3.63) is 125 Å². The number of carbonyl (C=O) groups is 2. The second-order valence-corrected chi connectivity index (χ2v) is 8.67. The van der Waals surface area contributed by atoms with Gasteiger partial charge < -0.3 is 10.0 Å². The highest BCUT2D eigenvalue weighted by Gasteiger charge is 2.46. The van der Waals surface area contributed by atoms with Crippen LogP contribution in [-0.4, -0.2) is 21.7 Å². The van der Waals surface area contributed by atoms with Crippen LogP contribution < -0.4 is 0 Å². The van der Waals surface area contributed by atoms with Crippen LogP contribution in [0.1, 0.15) is 35.2 Å². The van der Waals surface area contributed by atoms with Gasteiger partial charge in [-0.1, -0.05) is 85.8 Å². The molecule has 1 atom stereocenters. The van der Waals surface area contributed by atoms with Gasteiger partial charge in [0.05, 0.1) is 11.6 Å². The molecule has 0 spiro atoms. The van der Waals surface area contributed by atoms with E-state index in [-0.39, 0.29) is 23.7 Å². The lowest BCUT2D eigenvalue weighted by Crippen LogP contribution is -2.29. The van der Waals surface area contributed by atoms with E-state index >= 15 is 0 Å². The number of aliphatic hydroxyl groups excluding tert-OH is 1. The van der Waals surface area contributed by atoms with Gasteiger partial charge in [0.15, 0.2) is 0 Å². The maximum absolute atomic E-state index is 13.5. The number of halogens is 1. The summed E-state index contributed by atoms with van der Waals surface area (Å²) in [5.41, 5.74) is 3.07. The Morgan fingerprint density at radius 1 is 0.857 bits per heavy atom. The van der Waals surface area contributed by atoms with Crippen molar-refractivity contribution in [2.75, 3.05) is 0 Å². The Kier molecular flexibility index (Phi) is 5.91. The first kappa shape index (κ1) is 22.5. The zero-order valence-corrected chi connectivity index (χ0v) is 19.2. The molecule has 1 fully saturated rings. The Morgan fingerprint density at radius 2 is 1.51 bits per heavy atom. The third-order valence-electron chi connectivity index (χ3n) is 6.56. The largest absolute Gasteiger partial charge is 0.507 e. The predicted octanol–water partition coefficient (Wildman–Crippen LogP) is 6.16. The monoisotopic (exact) mass is 465 g/mol. The second kappa shape index (κ2) is 9.18. The number of Topliss-reactive ketones (excluding diaryl/α,β-unsaturated/α-hetero) is 1. The average molecular weight is 466 g/mol. The summed E-state index contributed by atoms with van der Waals surface area (Å²) in [5, 5.41) is 13.2. The zero-order chi connectivity index (χ0) is 24.5. The van der Waals surface area contributed by atoms with Gasteiger partial charge >= 0.3 is 0 Å². The minimum absolute atomic E-state index is 0.0534. The molecule has 4 aromatic carbocycles. The third-order valence-corrected chi connectivity index (χ3v) is 6.56. The van der Waals surface area contributed by atoms with E-state index in [2.05, 4.69) is 0 Å². The first-order chi connectivity index (χ1) is 17.0. The minimum Gasteiger partial charge on any atom is -0.507 e. The molecule has 1 saturated heterocycles. The molecule has 5 heteroatoms. The molecule has 4 aromatic rings. The van der Waals surface area contributed by atoms with E-state index < -0.39 is 17.7 Å². The van der Waals surface area contributed by atoms with Gasteiger partial charge in [0.2, 0.25) is 0 Å². The number of amides is 1. The van der Waals surface area contributed by atoms with Crippen molar-refractivity contribution in [1.82, 2.24) is 4.90 Å². The summed E-state index contributed by atoms with van der Waals surface area (Å²) >= 11 is 0. The Hall–Kier alpha value is -4.25. The fourth-order valence-electron chi connectivity index (χ4n) is 4.70. The number of fused-ring (bicyclic) bond motifs is 1. The van der Waals surface area contributed by atoms with Crippen LogP contribution in [0.25, 0.3) is 16.5 Å². The van der Waals surface area contributed by atoms with E-state index in [4.69, 9.17) is 0 Å². The summed E-state index contributed by atoms with van der Waals surface area (Å²) in [6, 6.07) is 25.8. The van der Waals surface area contributed by atoms with Crippen molar-refractivity contribution in [2.45, 2.75) is 25.9 Å². The molecule has 0 bridgehead atoms. The lowest BCUT2D eigenvalue weighted by Gasteiger charge is -2.26. The highest BCUT2D eigenvalue weighted by molar-refractivity contribution is 6.46. The number of ketones is 1. The number of rotatable bonds is 5. The summed E-state index contributed by atoms with van der Waals surface area (Å²) < 4.78 is 13.5. The van der Waals surface area contributed by atoms with Crippen molar-refractivity contribution in [3.8, 4) is 0 Å². The highest BCUT2D eigenvalue weighted by atomic mass is 19.1. The maximum Gasteiger partial charge on any atom is 0.295 e. The second-order valence-electron chi connectivity index (χ2n) is 8.67. The Bertz CT molecular complexity index is 1450. The van der Waals surface area contributed by atoms with Gasteiger partial charge in [0.1, 0.15) is 11.6 Å². The molecule has 0 aliphatic carbocycles. The molecular formula is C30H24FNO3.